The first-order chi connectivity index (χ1) is 52.9. The van der Waals surface area contributed by atoms with Crippen molar-refractivity contribution in [3.05, 3.63) is 278 Å². The van der Waals surface area contributed by atoms with Crippen LogP contribution in [0.2, 0.25) is 0 Å². The number of fused-ring (bicyclic) bond motifs is 3. The van der Waals surface area contributed by atoms with E-state index in [0.29, 0.717) is 4.57 Å². The van der Waals surface area contributed by atoms with E-state index in [1.54, 1.807) is 0 Å². The van der Waals surface area contributed by atoms with Gasteiger partial charge in [-0.05, 0) is 122 Å². The summed E-state index contributed by atoms with van der Waals surface area (Å²) in [5, 5.41) is -1.71. The van der Waals surface area contributed by atoms with Crippen LogP contribution < -0.4 is 4.90 Å². The first-order valence-corrected chi connectivity index (χ1v) is 19.6. The average molecular weight is 913 g/mol. The highest BCUT2D eigenvalue weighted by Crippen LogP contribution is 2.41. The van der Waals surface area contributed by atoms with Gasteiger partial charge in [-0.1, -0.05) is 218 Å². The predicted octanol–water partition coefficient (Wildman–Crippen LogP) is 18.3. The monoisotopic (exact) mass is 913 g/mol. The molecule has 0 bridgehead atoms. The molecule has 0 aliphatic carbocycles. The number of anilines is 3. The van der Waals surface area contributed by atoms with Crippen molar-refractivity contribution in [2.75, 3.05) is 4.90 Å². The van der Waals surface area contributed by atoms with E-state index in [4.69, 9.17) is 32.9 Å². The molecule has 0 amide bonds. The fourth-order valence-electron chi connectivity index (χ4n) is 6.86. The highest BCUT2D eigenvalue weighted by Gasteiger charge is 2.18. The predicted molar refractivity (Wildman–Crippen MR) is 288 cm³/mol. The van der Waals surface area contributed by atoms with E-state index in [0.717, 1.165) is 0 Å². The Kier molecular flexibility index (Phi) is 3.86. The number of nitrogens with zero attached hydrogens (tertiary/aromatic N) is 2. The molecule has 1 aromatic heterocycles. The molecule has 68 heavy (non-hydrogen) atoms. The standard InChI is InChI=1S/C66H46N2/c1-4-16-47(17-5-1)48-28-30-49(31-29-48)50-32-39-56(40-33-50)67(58-43-36-54(37-44-58)60-23-11-10-22-59(60)52-18-6-2-7-19-52)57-41-34-51(35-42-57)55-38-45-66-63(46-55)62-25-13-15-27-65(62)68(66)64-26-14-12-24-61(64)53-20-8-3-9-21-53/h1-46H/i1D,2D,3D,4D,5D,6D,7D,8D,9D,10D,11D,12D,13D,14D,15D,16D,17D,18D,19D,20D,21D,22D,23D,24D,25D,26D,27D,28D,29D,30D,31D,32D,33D,34D,35D,36D,37D,38D,39D,40D,41D,42D,43D,44D,45D,46D. The van der Waals surface area contributed by atoms with Crippen molar-refractivity contribution in [3.8, 4) is 72.4 Å². The SMILES string of the molecule is [2H]c1c([2H])c([2H])c(-c2c([2H])c([2H])c(-c3c([2H])c([2H])c(N(c4c([2H])c([2H])c(-c5c([2H])c([2H])c([2H])c([2H])c5-c5c([2H])c([2H])c([2H])c([2H])c5[2H])c([2H])c4[2H])c4c([2H])c([2H])c(-c5c([2H])c([2H])c6c(c5[2H])c5c([2H])c([2H])c([2H])c([2H])c5n6-c5c([2H])c([2H])c([2H])c([2H])c5-c5c([2H])c([2H])c([2H])c([2H])c5[2H])c([2H])c4[2H])c([2H])c3[2H])c([2H])c2[2H])c([2H])c1[2H]. The molecule has 0 saturated heterocycles. The molecule has 0 aliphatic rings. The number of hydrogen-bond donors (Lipinski definition) is 0. The van der Waals surface area contributed by atoms with Gasteiger partial charge in [-0.3, -0.25) is 0 Å². The highest BCUT2D eigenvalue weighted by atomic mass is 15.1. The molecular weight excluding hydrogens is 821 g/mol. The maximum atomic E-state index is 10.0. The van der Waals surface area contributed by atoms with Gasteiger partial charge in [0, 0.05) is 33.4 Å². The first-order valence-electron chi connectivity index (χ1n) is 42.6. The van der Waals surface area contributed by atoms with Gasteiger partial charge in [-0.15, -0.1) is 0 Å². The van der Waals surface area contributed by atoms with Crippen LogP contribution in [0.1, 0.15) is 63.1 Å². The molecular formula is C66H46N2. The van der Waals surface area contributed by atoms with Crippen LogP contribution in [0, 0.1) is 0 Å². The number of para-hydroxylation sites is 2. The molecule has 0 aliphatic heterocycles. The summed E-state index contributed by atoms with van der Waals surface area (Å²) in [6, 6.07) is -55.5. The Morgan fingerprint density at radius 2 is 0.588 bits per heavy atom. The van der Waals surface area contributed by atoms with Crippen LogP contribution in [0.15, 0.2) is 278 Å². The minimum absolute atomic E-state index is 0.105. The summed E-state index contributed by atoms with van der Waals surface area (Å²) in [6.45, 7) is 0. The summed E-state index contributed by atoms with van der Waals surface area (Å²) in [6.07, 6.45) is 0. The molecule has 1 heterocycles. The number of rotatable bonds is 10. The molecule has 0 atom stereocenters. The fourth-order valence-corrected chi connectivity index (χ4v) is 6.86. The van der Waals surface area contributed by atoms with Crippen LogP contribution in [0.3, 0.4) is 0 Å². The first kappa shape index (κ1) is 14.8. The van der Waals surface area contributed by atoms with Crippen molar-refractivity contribution in [1.82, 2.24) is 4.57 Å². The summed E-state index contributed by atoms with van der Waals surface area (Å²) in [5.74, 6) is 0. The van der Waals surface area contributed by atoms with E-state index in [9.17, 15) is 30.2 Å². The van der Waals surface area contributed by atoms with E-state index in [2.05, 4.69) is 0 Å². The maximum Gasteiger partial charge on any atom is 0.0645 e. The zero-order valence-electron chi connectivity index (χ0n) is 79.9. The van der Waals surface area contributed by atoms with Crippen molar-refractivity contribution >= 4 is 38.9 Å². The van der Waals surface area contributed by atoms with E-state index in [1.165, 1.54) is 0 Å². The minimum atomic E-state index is -1.55. The number of hydrogen-bond acceptors (Lipinski definition) is 1. The van der Waals surface area contributed by atoms with E-state index < -0.39 is 389 Å². The lowest BCUT2D eigenvalue weighted by Gasteiger charge is -2.26. The van der Waals surface area contributed by atoms with Crippen LogP contribution >= 0.6 is 0 Å². The summed E-state index contributed by atoms with van der Waals surface area (Å²) in [5.41, 5.74) is -19.4. The molecule has 0 fully saturated rings. The fraction of sp³-hybridized carbons (Fsp3) is 0. The quantitative estimate of drug-likeness (QED) is 0.133. The lowest BCUT2D eigenvalue weighted by Crippen LogP contribution is -2.09. The summed E-state index contributed by atoms with van der Waals surface area (Å²) in [7, 11) is 0. The van der Waals surface area contributed by atoms with Crippen molar-refractivity contribution in [2.45, 2.75) is 0 Å². The Bertz CT molecular complexity index is 6290. The van der Waals surface area contributed by atoms with Gasteiger partial charge >= 0.3 is 0 Å². The third kappa shape index (κ3) is 7.64. The Morgan fingerprint density at radius 3 is 1.13 bits per heavy atom. The Morgan fingerprint density at radius 1 is 0.250 bits per heavy atom. The Balaban J connectivity index is 1.22. The lowest BCUT2D eigenvalue weighted by molar-refractivity contribution is 1.18. The van der Waals surface area contributed by atoms with Crippen molar-refractivity contribution < 1.29 is 63.1 Å². The minimum Gasteiger partial charge on any atom is -0.311 e. The zero-order chi connectivity index (χ0) is 85.3. The topological polar surface area (TPSA) is 8.17 Å². The van der Waals surface area contributed by atoms with E-state index in [1.807, 2.05) is 0 Å². The van der Waals surface area contributed by atoms with E-state index in [-0.39, 0.29) is 4.90 Å². The molecule has 2 nitrogen and oxygen atoms in total. The third-order valence-corrected chi connectivity index (χ3v) is 9.87. The van der Waals surface area contributed by atoms with Gasteiger partial charge in [0.15, 0.2) is 0 Å². The molecule has 11 aromatic carbocycles. The summed E-state index contributed by atoms with van der Waals surface area (Å²) >= 11 is 0. The third-order valence-electron chi connectivity index (χ3n) is 9.87. The van der Waals surface area contributed by atoms with Crippen LogP contribution in [-0.4, -0.2) is 4.57 Å². The van der Waals surface area contributed by atoms with Gasteiger partial charge in [0.1, 0.15) is 0 Å². The summed E-state index contributed by atoms with van der Waals surface area (Å²) < 4.78 is 420. The van der Waals surface area contributed by atoms with E-state index >= 15 is 0 Å². The zero-order valence-corrected chi connectivity index (χ0v) is 33.9. The van der Waals surface area contributed by atoms with Crippen molar-refractivity contribution in [1.29, 1.82) is 0 Å². The second-order valence-electron chi connectivity index (χ2n) is 13.8. The van der Waals surface area contributed by atoms with Gasteiger partial charge in [0.05, 0.1) is 79.8 Å². The largest absolute Gasteiger partial charge is 0.311 e. The van der Waals surface area contributed by atoms with Gasteiger partial charge in [0.25, 0.3) is 0 Å². The van der Waals surface area contributed by atoms with Crippen LogP contribution in [0.5, 0.6) is 0 Å². The summed E-state index contributed by atoms with van der Waals surface area (Å²) in [4.78, 5) is 0.105. The molecule has 0 N–H and O–H groups in total. The van der Waals surface area contributed by atoms with Crippen LogP contribution in [-0.2, 0) is 0 Å². The van der Waals surface area contributed by atoms with Gasteiger partial charge < -0.3 is 9.47 Å². The van der Waals surface area contributed by atoms with Gasteiger partial charge in [0.2, 0.25) is 0 Å². The highest BCUT2D eigenvalue weighted by molar-refractivity contribution is 6.11. The molecule has 0 saturated carbocycles. The second kappa shape index (κ2) is 17.8. The average Bonchev–Trinajstić information content (AvgIpc) is 1.50. The molecule has 12 rings (SSSR count). The number of aromatic nitrogens is 1. The maximum absolute atomic E-state index is 10.0. The Hall–Kier alpha value is -8.98. The van der Waals surface area contributed by atoms with Crippen LogP contribution in [0.25, 0.3) is 94.3 Å². The second-order valence-corrected chi connectivity index (χ2v) is 13.8. The Labute approximate surface area is 462 Å². The normalized spacial score (nSPS) is 20.7. The number of benzene rings is 11. The van der Waals surface area contributed by atoms with Gasteiger partial charge in [-0.2, -0.15) is 0 Å². The van der Waals surface area contributed by atoms with Crippen LogP contribution in [0.4, 0.5) is 17.1 Å². The van der Waals surface area contributed by atoms with Crippen molar-refractivity contribution in [2.24, 2.45) is 0 Å². The lowest BCUT2D eigenvalue weighted by atomic mass is 9.94. The molecule has 0 radical (unpaired) electrons. The van der Waals surface area contributed by atoms with Crippen molar-refractivity contribution in [3.63, 3.8) is 0 Å². The smallest absolute Gasteiger partial charge is 0.0645 e. The molecule has 0 spiro atoms. The molecule has 2 heteroatoms. The molecule has 320 valence electrons. The molecule has 0 unspecified atom stereocenters. The van der Waals surface area contributed by atoms with Gasteiger partial charge in [-0.25, -0.2) is 0 Å². The molecule has 12 aromatic rings.